The maximum atomic E-state index is 5.30. The van der Waals surface area contributed by atoms with Gasteiger partial charge in [-0.05, 0) is 6.42 Å². The SMILES string of the molecule is Cc1c[c-]c2c(c1)CCO2.[CH3-].[K+]. The van der Waals surface area contributed by atoms with Gasteiger partial charge >= 0.3 is 51.4 Å². The van der Waals surface area contributed by atoms with E-state index in [1.165, 1.54) is 11.1 Å². The topological polar surface area (TPSA) is 9.23 Å². The molecule has 1 aromatic rings. The number of ether oxygens (including phenoxy) is 1. The zero-order valence-electron chi connectivity index (χ0n) is 7.98. The molecule has 0 unspecified atom stereocenters. The molecule has 12 heavy (non-hydrogen) atoms. The van der Waals surface area contributed by atoms with Crippen molar-refractivity contribution in [2.24, 2.45) is 0 Å². The van der Waals surface area contributed by atoms with E-state index in [1.807, 2.05) is 6.07 Å². The second kappa shape index (κ2) is 5.40. The van der Waals surface area contributed by atoms with E-state index in [0.29, 0.717) is 0 Å². The van der Waals surface area contributed by atoms with Crippen molar-refractivity contribution in [1.29, 1.82) is 0 Å². The molecule has 0 aromatic heterocycles. The summed E-state index contributed by atoms with van der Waals surface area (Å²) in [5.74, 6) is 0.950. The van der Waals surface area contributed by atoms with Crippen molar-refractivity contribution in [3.05, 3.63) is 36.8 Å². The maximum Gasteiger partial charge on any atom is 1.00 e. The first-order valence-electron chi connectivity index (χ1n) is 3.50. The van der Waals surface area contributed by atoms with Crippen LogP contribution in [-0.2, 0) is 6.42 Å². The van der Waals surface area contributed by atoms with Gasteiger partial charge in [-0.2, -0.15) is 17.7 Å². The minimum Gasteiger partial charge on any atom is -0.520 e. The predicted octanol–water partition coefficient (Wildman–Crippen LogP) is -0.816. The summed E-state index contributed by atoms with van der Waals surface area (Å²) in [6.07, 6.45) is 1.05. The van der Waals surface area contributed by atoms with E-state index in [-0.39, 0.29) is 58.8 Å². The zero-order chi connectivity index (χ0) is 6.97. The molecule has 0 radical (unpaired) electrons. The molecule has 0 saturated heterocycles. The van der Waals surface area contributed by atoms with Crippen molar-refractivity contribution in [3.63, 3.8) is 0 Å². The van der Waals surface area contributed by atoms with Crippen LogP contribution in [0.15, 0.2) is 12.1 Å². The summed E-state index contributed by atoms with van der Waals surface area (Å²) >= 11 is 0. The van der Waals surface area contributed by atoms with Crippen LogP contribution < -0.4 is 56.1 Å². The minimum absolute atomic E-state index is 0. The number of hydrogen-bond acceptors (Lipinski definition) is 1. The second-order valence-electron chi connectivity index (χ2n) is 2.63. The molecule has 1 aliphatic heterocycles. The molecule has 1 heterocycles. The molecule has 0 spiro atoms. The number of aryl methyl sites for hydroxylation is 1. The Morgan fingerprint density at radius 1 is 1.50 bits per heavy atom. The summed E-state index contributed by atoms with van der Waals surface area (Å²) < 4.78 is 5.30. The fourth-order valence-electron chi connectivity index (χ4n) is 1.24. The zero-order valence-corrected chi connectivity index (χ0v) is 11.1. The number of rotatable bonds is 0. The van der Waals surface area contributed by atoms with Gasteiger partial charge < -0.3 is 12.2 Å². The first-order chi connectivity index (χ1) is 4.86. The van der Waals surface area contributed by atoms with Gasteiger partial charge in [-0.25, -0.2) is 0 Å². The van der Waals surface area contributed by atoms with Crippen LogP contribution in [0, 0.1) is 20.4 Å². The molecular weight excluding hydrogens is 175 g/mol. The predicted molar refractivity (Wildman–Crippen MR) is 45.6 cm³/mol. The quantitative estimate of drug-likeness (QED) is 0.381. The first-order valence-corrected chi connectivity index (χ1v) is 3.50. The van der Waals surface area contributed by atoms with Gasteiger partial charge in [0.15, 0.2) is 0 Å². The molecule has 1 aliphatic rings. The molecule has 0 bridgehead atoms. The van der Waals surface area contributed by atoms with Crippen molar-refractivity contribution >= 4 is 0 Å². The Hall–Kier alpha value is 0.656. The average Bonchev–Trinajstić information content (AvgIpc) is 2.33. The van der Waals surface area contributed by atoms with Crippen molar-refractivity contribution in [3.8, 4) is 5.75 Å². The van der Waals surface area contributed by atoms with Crippen LogP contribution in [0.3, 0.4) is 0 Å². The fourth-order valence-corrected chi connectivity index (χ4v) is 1.24. The Morgan fingerprint density at radius 3 is 3.00 bits per heavy atom. The van der Waals surface area contributed by atoms with Crippen molar-refractivity contribution in [2.45, 2.75) is 13.3 Å². The van der Waals surface area contributed by atoms with Crippen molar-refractivity contribution in [1.82, 2.24) is 0 Å². The Balaban J connectivity index is 0.000000605. The molecular formula is C10H12KO-. The van der Waals surface area contributed by atoms with Gasteiger partial charge in [-0.1, -0.05) is 6.92 Å². The molecule has 60 valence electrons. The van der Waals surface area contributed by atoms with Crippen LogP contribution in [0.2, 0.25) is 0 Å². The molecule has 1 aromatic carbocycles. The Morgan fingerprint density at radius 2 is 2.25 bits per heavy atom. The van der Waals surface area contributed by atoms with E-state index in [4.69, 9.17) is 4.74 Å². The first kappa shape index (κ1) is 12.7. The number of benzene rings is 1. The molecule has 0 aliphatic carbocycles. The van der Waals surface area contributed by atoms with Crippen LogP contribution in [0.1, 0.15) is 11.1 Å². The number of hydrogen-bond donors (Lipinski definition) is 0. The summed E-state index contributed by atoms with van der Waals surface area (Å²) in [6, 6.07) is 7.22. The van der Waals surface area contributed by atoms with Crippen LogP contribution in [-0.4, -0.2) is 6.61 Å². The Labute approximate surface area is 117 Å². The van der Waals surface area contributed by atoms with Gasteiger partial charge in [0.25, 0.3) is 0 Å². The van der Waals surface area contributed by atoms with E-state index >= 15 is 0 Å². The van der Waals surface area contributed by atoms with Gasteiger partial charge in [0.1, 0.15) is 0 Å². The maximum absolute atomic E-state index is 5.30. The van der Waals surface area contributed by atoms with Gasteiger partial charge in [-0.3, -0.25) is 0 Å². The summed E-state index contributed by atoms with van der Waals surface area (Å²) in [5.41, 5.74) is 2.57. The average molecular weight is 187 g/mol. The third kappa shape index (κ3) is 2.57. The van der Waals surface area contributed by atoms with Crippen LogP contribution in [0.4, 0.5) is 0 Å². The van der Waals surface area contributed by atoms with Crippen LogP contribution in [0.25, 0.3) is 0 Å². The van der Waals surface area contributed by atoms with Gasteiger partial charge in [-0.15, -0.1) is 11.6 Å². The summed E-state index contributed by atoms with van der Waals surface area (Å²) in [7, 11) is 0. The van der Waals surface area contributed by atoms with Crippen molar-refractivity contribution < 1.29 is 56.1 Å². The van der Waals surface area contributed by atoms with E-state index in [9.17, 15) is 0 Å². The third-order valence-electron chi connectivity index (χ3n) is 1.74. The van der Waals surface area contributed by atoms with Crippen LogP contribution in [0.5, 0.6) is 5.75 Å². The Kier molecular flexibility index (Phi) is 5.70. The largest absolute Gasteiger partial charge is 1.00 e. The Bertz CT molecular complexity index is 258. The molecule has 0 amide bonds. The fraction of sp³-hybridized carbons (Fsp3) is 0.300. The standard InChI is InChI=1S/C9H9O.CH3.K/c1-7-2-3-9-8(6-7)4-5-10-9;;/h2,6H,4-5H2,1H3;1H3;/q2*-1;+1. The normalized spacial score (nSPS) is 12.1. The van der Waals surface area contributed by atoms with E-state index in [2.05, 4.69) is 19.1 Å². The third-order valence-corrected chi connectivity index (χ3v) is 1.74. The summed E-state index contributed by atoms with van der Waals surface area (Å²) in [4.78, 5) is 0. The van der Waals surface area contributed by atoms with Crippen LogP contribution >= 0.6 is 0 Å². The molecule has 0 atom stereocenters. The molecule has 2 rings (SSSR count). The van der Waals surface area contributed by atoms with Gasteiger partial charge in [0.2, 0.25) is 0 Å². The molecule has 1 nitrogen and oxygen atoms in total. The summed E-state index contributed by atoms with van der Waals surface area (Å²) in [5, 5.41) is 0. The molecule has 2 heteroatoms. The van der Waals surface area contributed by atoms with E-state index in [0.717, 1.165) is 18.8 Å². The van der Waals surface area contributed by atoms with Crippen molar-refractivity contribution in [2.75, 3.05) is 6.61 Å². The summed E-state index contributed by atoms with van der Waals surface area (Å²) in [6.45, 7) is 2.91. The van der Waals surface area contributed by atoms with E-state index in [1.54, 1.807) is 0 Å². The molecule has 0 fully saturated rings. The second-order valence-corrected chi connectivity index (χ2v) is 2.63. The van der Waals surface area contributed by atoms with E-state index < -0.39 is 0 Å². The number of fused-ring (bicyclic) bond motifs is 1. The minimum atomic E-state index is 0. The van der Waals surface area contributed by atoms with Gasteiger partial charge in [0.05, 0.1) is 6.61 Å². The molecule has 0 N–H and O–H groups in total. The van der Waals surface area contributed by atoms with Gasteiger partial charge in [0, 0.05) is 5.75 Å². The monoisotopic (exact) mass is 187 g/mol. The molecule has 0 saturated carbocycles. The smallest absolute Gasteiger partial charge is 0.520 e.